The van der Waals surface area contributed by atoms with Gasteiger partial charge >= 0.3 is 0 Å². The number of rotatable bonds is 9. The van der Waals surface area contributed by atoms with E-state index in [1.807, 2.05) is 43.3 Å². The third-order valence-electron chi connectivity index (χ3n) is 9.03. The van der Waals surface area contributed by atoms with Crippen LogP contribution >= 0.6 is 11.5 Å². The molecule has 2 aliphatic carbocycles. The van der Waals surface area contributed by atoms with E-state index < -0.39 is 11.9 Å². The monoisotopic (exact) mass is 631 g/mol. The highest BCUT2D eigenvalue weighted by Gasteiger charge is 2.36. The van der Waals surface area contributed by atoms with Crippen molar-refractivity contribution in [1.29, 1.82) is 0 Å². The van der Waals surface area contributed by atoms with Crippen molar-refractivity contribution < 1.29 is 23.9 Å². The lowest BCUT2D eigenvalue weighted by molar-refractivity contribution is -0.127. The van der Waals surface area contributed by atoms with Gasteiger partial charge in [-0.3, -0.25) is 14.4 Å². The average Bonchev–Trinajstić information content (AvgIpc) is 3.68. The molecule has 3 aliphatic rings. The van der Waals surface area contributed by atoms with Crippen molar-refractivity contribution in [3.05, 3.63) is 69.7 Å². The van der Waals surface area contributed by atoms with Gasteiger partial charge in [0.25, 0.3) is 11.8 Å². The predicted octanol–water partition coefficient (Wildman–Crippen LogP) is 5.66. The Hall–Kier alpha value is -4.12. The third kappa shape index (κ3) is 7.08. The summed E-state index contributed by atoms with van der Waals surface area (Å²) in [7, 11) is 0. The number of nitrogens with zero attached hydrogens (tertiary/aromatic N) is 2. The number of nitrogens with two attached hydrogens (primary N) is 1. The number of hydrogen-bond donors (Lipinski definition) is 3. The number of fused-ring (bicyclic) bond motifs is 1. The molecule has 2 heterocycles. The fourth-order valence-corrected chi connectivity index (χ4v) is 7.27. The molecule has 4 N–H and O–H groups in total. The Morgan fingerprint density at radius 3 is 2.24 bits per heavy atom. The van der Waals surface area contributed by atoms with Crippen LogP contribution < -0.4 is 25.8 Å². The molecular formula is C34H41N5O5S. The number of benzene rings is 2. The molecule has 0 unspecified atom stereocenters. The summed E-state index contributed by atoms with van der Waals surface area (Å²) in [5, 5.41) is 6.29. The van der Waals surface area contributed by atoms with Gasteiger partial charge in [-0.2, -0.15) is 4.37 Å². The Kier molecular flexibility index (Phi) is 9.53. The van der Waals surface area contributed by atoms with E-state index in [4.69, 9.17) is 15.2 Å². The van der Waals surface area contributed by atoms with Crippen LogP contribution in [0.2, 0.25) is 0 Å². The van der Waals surface area contributed by atoms with Crippen molar-refractivity contribution in [2.75, 3.05) is 12.5 Å². The first-order valence-electron chi connectivity index (χ1n) is 16.0. The van der Waals surface area contributed by atoms with E-state index in [0.717, 1.165) is 80.4 Å². The Morgan fingerprint density at radius 2 is 1.56 bits per heavy atom. The van der Waals surface area contributed by atoms with Crippen LogP contribution in [0.3, 0.4) is 0 Å². The molecule has 1 aliphatic heterocycles. The minimum atomic E-state index is -0.952. The average molecular weight is 632 g/mol. The van der Waals surface area contributed by atoms with Gasteiger partial charge in [0.15, 0.2) is 17.2 Å². The van der Waals surface area contributed by atoms with Gasteiger partial charge in [-0.1, -0.05) is 74.4 Å². The number of aromatic nitrogens is 1. The normalized spacial score (nSPS) is 17.4. The lowest BCUT2D eigenvalue weighted by Crippen LogP contribution is -2.46. The first-order valence-corrected chi connectivity index (χ1v) is 16.8. The van der Waals surface area contributed by atoms with Crippen LogP contribution in [-0.4, -0.2) is 45.9 Å². The number of aryl methyl sites for hydroxylation is 1. The van der Waals surface area contributed by atoms with Gasteiger partial charge in [-0.25, -0.2) is 0 Å². The molecule has 0 spiro atoms. The summed E-state index contributed by atoms with van der Waals surface area (Å²) in [6.07, 6.45) is 10.2. The number of hydrogen-bond acceptors (Lipinski definition) is 8. The van der Waals surface area contributed by atoms with Crippen molar-refractivity contribution in [3.8, 4) is 11.5 Å². The quantitative estimate of drug-likeness (QED) is 0.277. The van der Waals surface area contributed by atoms with Crippen LogP contribution in [0.5, 0.6) is 11.5 Å². The molecule has 6 rings (SSSR count). The molecule has 0 bridgehead atoms. The van der Waals surface area contributed by atoms with Crippen molar-refractivity contribution in [1.82, 2.24) is 19.9 Å². The summed E-state index contributed by atoms with van der Waals surface area (Å²) in [4.78, 5) is 43.6. The number of carbonyl (C=O) groups excluding carboxylic acids is 3. The molecule has 1 aromatic heterocycles. The number of nitrogens with one attached hydrogen (secondary N) is 2. The van der Waals surface area contributed by atoms with E-state index >= 15 is 0 Å². The van der Waals surface area contributed by atoms with Crippen molar-refractivity contribution >= 4 is 34.9 Å². The Labute approximate surface area is 267 Å². The lowest BCUT2D eigenvalue weighted by atomic mass is 9.94. The highest BCUT2D eigenvalue weighted by Crippen LogP contribution is 2.35. The van der Waals surface area contributed by atoms with Gasteiger partial charge in [-0.15, -0.1) is 0 Å². The van der Waals surface area contributed by atoms with E-state index in [9.17, 15) is 14.4 Å². The SMILES string of the molecule is Cc1ccc([C@@H](C(=O)NC2CCCCC2)N(Cc2ccc3c(c2)OCO3)C(=O)c2snc(C(=O)NC3CCCCC3)c2N)cc1. The van der Waals surface area contributed by atoms with E-state index in [1.54, 1.807) is 6.07 Å². The molecule has 45 heavy (non-hydrogen) atoms. The van der Waals surface area contributed by atoms with Gasteiger partial charge in [-0.05, 0) is 67.4 Å². The first-order chi connectivity index (χ1) is 21.9. The highest BCUT2D eigenvalue weighted by molar-refractivity contribution is 7.09. The summed E-state index contributed by atoms with van der Waals surface area (Å²) in [5.41, 5.74) is 9.07. The maximum Gasteiger partial charge on any atom is 0.273 e. The van der Waals surface area contributed by atoms with E-state index in [1.165, 1.54) is 11.3 Å². The van der Waals surface area contributed by atoms with Gasteiger partial charge in [0.1, 0.15) is 10.9 Å². The lowest BCUT2D eigenvalue weighted by Gasteiger charge is -2.33. The zero-order valence-electron chi connectivity index (χ0n) is 25.7. The zero-order chi connectivity index (χ0) is 31.3. The highest BCUT2D eigenvalue weighted by atomic mass is 32.1. The van der Waals surface area contributed by atoms with E-state index in [-0.39, 0.29) is 53.5 Å². The van der Waals surface area contributed by atoms with Gasteiger partial charge in [0.2, 0.25) is 12.7 Å². The molecule has 11 heteroatoms. The topological polar surface area (TPSA) is 136 Å². The maximum atomic E-state index is 14.6. The summed E-state index contributed by atoms with van der Waals surface area (Å²) in [6.45, 7) is 2.20. The number of ether oxygens (including phenoxy) is 2. The Morgan fingerprint density at radius 1 is 0.911 bits per heavy atom. The summed E-state index contributed by atoms with van der Waals surface area (Å²) < 4.78 is 15.4. The number of nitrogen functional groups attached to an aromatic ring is 1. The Balaban J connectivity index is 1.35. The summed E-state index contributed by atoms with van der Waals surface area (Å²) in [6, 6.07) is 12.3. The second-order valence-corrected chi connectivity index (χ2v) is 13.1. The van der Waals surface area contributed by atoms with Crippen LogP contribution in [0, 0.1) is 6.92 Å². The second kappa shape index (κ2) is 13.9. The predicted molar refractivity (Wildman–Crippen MR) is 172 cm³/mol. The van der Waals surface area contributed by atoms with Crippen LogP contribution in [-0.2, 0) is 11.3 Å². The minimum absolute atomic E-state index is 0.0318. The molecule has 10 nitrogen and oxygen atoms in total. The van der Waals surface area contributed by atoms with Crippen LogP contribution in [0.15, 0.2) is 42.5 Å². The third-order valence-corrected chi connectivity index (χ3v) is 9.88. The van der Waals surface area contributed by atoms with Crippen LogP contribution in [0.1, 0.15) is 107 Å². The zero-order valence-corrected chi connectivity index (χ0v) is 26.5. The molecule has 3 amide bonds. The summed E-state index contributed by atoms with van der Waals surface area (Å²) in [5.74, 6) is 0.114. The van der Waals surface area contributed by atoms with Crippen LogP contribution in [0.25, 0.3) is 0 Å². The van der Waals surface area contributed by atoms with Crippen LogP contribution in [0.4, 0.5) is 5.69 Å². The molecule has 0 radical (unpaired) electrons. The number of carbonyl (C=O) groups is 3. The van der Waals surface area contributed by atoms with E-state index in [2.05, 4.69) is 15.0 Å². The fraction of sp³-hybridized carbons (Fsp3) is 0.471. The summed E-state index contributed by atoms with van der Waals surface area (Å²) >= 11 is 0.893. The number of anilines is 1. The molecule has 238 valence electrons. The molecule has 2 aromatic carbocycles. The van der Waals surface area contributed by atoms with Gasteiger partial charge in [0, 0.05) is 18.6 Å². The molecular weight excluding hydrogens is 590 g/mol. The fourth-order valence-electron chi connectivity index (χ4n) is 6.51. The molecule has 3 aromatic rings. The molecule has 2 saturated carbocycles. The smallest absolute Gasteiger partial charge is 0.273 e. The van der Waals surface area contributed by atoms with E-state index in [0.29, 0.717) is 17.1 Å². The van der Waals surface area contributed by atoms with Crippen molar-refractivity contribution in [3.63, 3.8) is 0 Å². The van der Waals surface area contributed by atoms with Crippen molar-refractivity contribution in [2.24, 2.45) is 0 Å². The first kappa shape index (κ1) is 30.9. The molecule has 2 fully saturated rings. The number of amides is 3. The maximum absolute atomic E-state index is 14.6. The molecule has 0 saturated heterocycles. The minimum Gasteiger partial charge on any atom is -0.454 e. The van der Waals surface area contributed by atoms with Gasteiger partial charge in [0.05, 0.1) is 5.69 Å². The standard InChI is InChI=1S/C34H41N5O5S/c1-21-12-15-23(16-13-21)30(33(41)37-25-10-6-3-7-11-25)39(19-22-14-17-26-27(18-22)44-20-43-26)34(42)31-28(35)29(38-45-31)32(40)36-24-8-4-2-5-9-24/h12-18,24-25,30H,2-11,19-20,35H2,1H3,(H,36,40)(H,37,41)/t30-/m0/s1. The van der Waals surface area contributed by atoms with Gasteiger partial charge < -0.3 is 30.7 Å². The molecule has 1 atom stereocenters. The van der Waals surface area contributed by atoms with Crippen molar-refractivity contribution in [2.45, 2.75) is 95.8 Å². The largest absolute Gasteiger partial charge is 0.454 e. The Bertz CT molecular complexity index is 1530. The second-order valence-electron chi connectivity index (χ2n) is 12.4.